The van der Waals surface area contributed by atoms with Gasteiger partial charge in [0.25, 0.3) is 10.0 Å². The molecule has 3 aromatic carbocycles. The zero-order valence-electron chi connectivity index (χ0n) is 14.4. The molecule has 4 rings (SSSR count). The van der Waals surface area contributed by atoms with Crippen molar-refractivity contribution in [2.24, 2.45) is 0 Å². The summed E-state index contributed by atoms with van der Waals surface area (Å²) in [4.78, 5) is -0.165. The maximum atomic E-state index is 13.3. The molecule has 0 fully saturated rings. The summed E-state index contributed by atoms with van der Waals surface area (Å²) >= 11 is 0. The minimum Gasteiger partial charge on any atom is -0.416 e. The van der Waals surface area contributed by atoms with Gasteiger partial charge in [-0.2, -0.15) is 0 Å². The molecule has 0 saturated heterocycles. The lowest BCUT2D eigenvalue weighted by Gasteiger charge is -2.08. The van der Waals surface area contributed by atoms with Crippen LogP contribution >= 0.6 is 0 Å². The van der Waals surface area contributed by atoms with Crippen molar-refractivity contribution in [1.82, 2.24) is 10.2 Å². The van der Waals surface area contributed by atoms with E-state index in [-0.39, 0.29) is 10.8 Å². The molecule has 1 heterocycles. The van der Waals surface area contributed by atoms with Gasteiger partial charge in [-0.05, 0) is 48.5 Å². The van der Waals surface area contributed by atoms with Crippen molar-refractivity contribution < 1.29 is 17.2 Å². The minimum absolute atomic E-state index is 0.165. The molecular weight excluding hydrogens is 381 g/mol. The Kier molecular flexibility index (Phi) is 4.62. The highest BCUT2D eigenvalue weighted by atomic mass is 32.2. The van der Waals surface area contributed by atoms with Crippen molar-refractivity contribution in [2.45, 2.75) is 4.90 Å². The van der Waals surface area contributed by atoms with Crippen molar-refractivity contribution in [3.8, 4) is 22.9 Å². The van der Waals surface area contributed by atoms with Crippen LogP contribution in [0.3, 0.4) is 0 Å². The Balaban J connectivity index is 1.61. The number of sulfonamides is 1. The normalized spacial score (nSPS) is 11.3. The van der Waals surface area contributed by atoms with E-state index in [0.717, 1.165) is 11.6 Å². The number of halogens is 1. The van der Waals surface area contributed by atoms with Crippen LogP contribution in [0.15, 0.2) is 88.2 Å². The molecule has 8 heteroatoms. The first-order valence-electron chi connectivity index (χ1n) is 8.29. The quantitative estimate of drug-likeness (QED) is 0.543. The Hall–Kier alpha value is -3.52. The SMILES string of the molecule is O=S(=O)(Nc1cccc(-c2nnc(-c3ccccc3)o2)c1)c1cccc(F)c1. The summed E-state index contributed by atoms with van der Waals surface area (Å²) in [7, 11) is -3.93. The number of benzene rings is 3. The van der Waals surface area contributed by atoms with Crippen LogP contribution < -0.4 is 4.72 Å². The first-order valence-corrected chi connectivity index (χ1v) is 9.77. The summed E-state index contributed by atoms with van der Waals surface area (Å²) in [6, 6.07) is 20.6. The summed E-state index contributed by atoms with van der Waals surface area (Å²) in [5.41, 5.74) is 1.62. The molecule has 0 saturated carbocycles. The van der Waals surface area contributed by atoms with Crippen LogP contribution in [0.25, 0.3) is 22.9 Å². The average molecular weight is 395 g/mol. The van der Waals surface area contributed by atoms with Crippen LogP contribution in [0.5, 0.6) is 0 Å². The van der Waals surface area contributed by atoms with E-state index in [4.69, 9.17) is 4.42 Å². The lowest BCUT2D eigenvalue weighted by molar-refractivity contribution is 0.584. The molecule has 0 spiro atoms. The van der Waals surface area contributed by atoms with E-state index in [1.807, 2.05) is 30.3 Å². The van der Waals surface area contributed by atoms with E-state index in [1.54, 1.807) is 24.3 Å². The summed E-state index contributed by atoms with van der Waals surface area (Å²) in [5, 5.41) is 8.05. The topological polar surface area (TPSA) is 85.1 Å². The van der Waals surface area contributed by atoms with E-state index in [0.29, 0.717) is 17.1 Å². The third-order valence-corrected chi connectivity index (χ3v) is 5.29. The predicted octanol–water partition coefficient (Wildman–Crippen LogP) is 4.34. The minimum atomic E-state index is -3.93. The van der Waals surface area contributed by atoms with E-state index in [1.165, 1.54) is 18.2 Å². The number of hydrogen-bond acceptors (Lipinski definition) is 5. The Labute approximate surface area is 160 Å². The number of hydrogen-bond donors (Lipinski definition) is 1. The maximum Gasteiger partial charge on any atom is 0.261 e. The Morgan fingerprint density at radius 2 is 1.46 bits per heavy atom. The molecule has 0 atom stereocenters. The maximum absolute atomic E-state index is 13.3. The van der Waals surface area contributed by atoms with Gasteiger partial charge in [-0.3, -0.25) is 4.72 Å². The van der Waals surface area contributed by atoms with Crippen molar-refractivity contribution in [2.75, 3.05) is 4.72 Å². The summed E-state index contributed by atoms with van der Waals surface area (Å²) in [6.07, 6.45) is 0. The fourth-order valence-electron chi connectivity index (χ4n) is 2.60. The Bertz CT molecular complexity index is 1220. The third-order valence-electron chi connectivity index (χ3n) is 3.91. The van der Waals surface area contributed by atoms with Gasteiger partial charge in [0.05, 0.1) is 4.90 Å². The van der Waals surface area contributed by atoms with Gasteiger partial charge in [0, 0.05) is 16.8 Å². The van der Waals surface area contributed by atoms with Crippen molar-refractivity contribution >= 4 is 15.7 Å². The zero-order chi connectivity index (χ0) is 19.6. The number of aromatic nitrogens is 2. The average Bonchev–Trinajstić information content (AvgIpc) is 3.19. The number of nitrogens with zero attached hydrogens (tertiary/aromatic N) is 2. The Morgan fingerprint density at radius 3 is 2.21 bits per heavy atom. The van der Waals surface area contributed by atoms with Crippen molar-refractivity contribution in [3.63, 3.8) is 0 Å². The zero-order valence-corrected chi connectivity index (χ0v) is 15.2. The second-order valence-electron chi connectivity index (χ2n) is 5.92. The molecule has 0 aliphatic heterocycles. The van der Waals surface area contributed by atoms with Gasteiger partial charge in [-0.15, -0.1) is 10.2 Å². The van der Waals surface area contributed by atoms with Gasteiger partial charge in [0.1, 0.15) is 5.82 Å². The van der Waals surface area contributed by atoms with Gasteiger partial charge in [0.2, 0.25) is 11.8 Å². The van der Waals surface area contributed by atoms with Crippen LogP contribution in [0, 0.1) is 5.82 Å². The summed E-state index contributed by atoms with van der Waals surface area (Å²) in [6.45, 7) is 0. The molecule has 0 amide bonds. The molecule has 1 N–H and O–H groups in total. The van der Waals surface area contributed by atoms with Crippen molar-refractivity contribution in [3.05, 3.63) is 84.7 Å². The largest absolute Gasteiger partial charge is 0.416 e. The second-order valence-corrected chi connectivity index (χ2v) is 7.60. The van der Waals surface area contributed by atoms with Gasteiger partial charge in [0.15, 0.2) is 0 Å². The van der Waals surface area contributed by atoms with Gasteiger partial charge in [-0.1, -0.05) is 30.3 Å². The molecular formula is C20H14FN3O3S. The highest BCUT2D eigenvalue weighted by molar-refractivity contribution is 7.92. The lowest BCUT2D eigenvalue weighted by Crippen LogP contribution is -2.13. The van der Waals surface area contributed by atoms with Crippen LogP contribution in [-0.2, 0) is 10.0 Å². The molecule has 0 bridgehead atoms. The molecule has 0 aliphatic rings. The molecule has 0 aliphatic carbocycles. The molecule has 6 nitrogen and oxygen atoms in total. The lowest BCUT2D eigenvalue weighted by atomic mass is 10.2. The first kappa shape index (κ1) is 17.9. The molecule has 0 unspecified atom stereocenters. The summed E-state index contributed by atoms with van der Waals surface area (Å²) < 4.78 is 46.4. The predicted molar refractivity (Wildman–Crippen MR) is 102 cm³/mol. The third kappa shape index (κ3) is 3.77. The number of nitrogens with one attached hydrogen (secondary N) is 1. The second kappa shape index (κ2) is 7.24. The first-order chi connectivity index (χ1) is 13.5. The number of rotatable bonds is 5. The van der Waals surface area contributed by atoms with Crippen LogP contribution in [0.2, 0.25) is 0 Å². The molecule has 1 aromatic heterocycles. The van der Waals surface area contributed by atoms with E-state index in [2.05, 4.69) is 14.9 Å². The number of anilines is 1. The van der Waals surface area contributed by atoms with E-state index < -0.39 is 15.8 Å². The Morgan fingerprint density at radius 1 is 0.786 bits per heavy atom. The monoisotopic (exact) mass is 395 g/mol. The van der Waals surface area contributed by atoms with Crippen LogP contribution in [0.1, 0.15) is 0 Å². The molecule has 28 heavy (non-hydrogen) atoms. The van der Waals surface area contributed by atoms with Gasteiger partial charge < -0.3 is 4.42 Å². The fourth-order valence-corrected chi connectivity index (χ4v) is 3.68. The highest BCUT2D eigenvalue weighted by Crippen LogP contribution is 2.26. The van der Waals surface area contributed by atoms with Crippen molar-refractivity contribution in [1.29, 1.82) is 0 Å². The van der Waals surface area contributed by atoms with Gasteiger partial charge >= 0.3 is 0 Å². The highest BCUT2D eigenvalue weighted by Gasteiger charge is 2.16. The molecule has 0 radical (unpaired) electrons. The van der Waals surface area contributed by atoms with E-state index >= 15 is 0 Å². The fraction of sp³-hybridized carbons (Fsp3) is 0. The smallest absolute Gasteiger partial charge is 0.261 e. The van der Waals surface area contributed by atoms with E-state index in [9.17, 15) is 12.8 Å². The van der Waals surface area contributed by atoms with Gasteiger partial charge in [-0.25, -0.2) is 12.8 Å². The van der Waals surface area contributed by atoms with Crippen LogP contribution in [-0.4, -0.2) is 18.6 Å². The molecule has 140 valence electrons. The molecule has 4 aromatic rings. The summed E-state index contributed by atoms with van der Waals surface area (Å²) in [5.74, 6) is -0.0112. The van der Waals surface area contributed by atoms with Crippen LogP contribution in [0.4, 0.5) is 10.1 Å². The standard InChI is InChI=1S/C20H14FN3O3S/c21-16-9-5-11-18(13-16)28(25,26)24-17-10-4-8-15(12-17)20-23-22-19(27-20)14-6-2-1-3-7-14/h1-13,24H.